The molecule has 0 saturated carbocycles. The Morgan fingerprint density at radius 3 is 2.32 bits per heavy atom. The number of anilines is 1. The molecule has 4 nitrogen and oxygen atoms in total. The lowest BCUT2D eigenvalue weighted by Crippen LogP contribution is -2.85. The molecular formula is C24H27N2O2+. The minimum absolute atomic E-state index is 0.0674. The van der Waals surface area contributed by atoms with Crippen LogP contribution in [0.3, 0.4) is 0 Å². The van der Waals surface area contributed by atoms with Crippen LogP contribution in [0.1, 0.15) is 28.3 Å². The summed E-state index contributed by atoms with van der Waals surface area (Å²) >= 11 is 0. The molecule has 0 radical (unpaired) electrons. The quantitative estimate of drug-likeness (QED) is 0.661. The van der Waals surface area contributed by atoms with Gasteiger partial charge in [0.25, 0.3) is 5.91 Å². The molecule has 1 atom stereocenters. The Bertz CT molecular complexity index is 921. The van der Waals surface area contributed by atoms with Crippen molar-refractivity contribution in [2.45, 2.75) is 26.4 Å². The third kappa shape index (κ3) is 4.99. The van der Waals surface area contributed by atoms with E-state index in [1.807, 2.05) is 55.5 Å². The van der Waals surface area contributed by atoms with Crippen LogP contribution in [0.2, 0.25) is 0 Å². The Labute approximate surface area is 166 Å². The van der Waals surface area contributed by atoms with E-state index in [0.29, 0.717) is 11.4 Å². The first kappa shape index (κ1) is 19.6. The lowest BCUT2D eigenvalue weighted by molar-refractivity contribution is -0.697. The number of benzene rings is 3. The van der Waals surface area contributed by atoms with Crippen LogP contribution in [0.25, 0.3) is 0 Å². The molecule has 1 amide bonds. The average Bonchev–Trinajstić information content (AvgIpc) is 2.70. The highest BCUT2D eigenvalue weighted by Crippen LogP contribution is 2.26. The maximum atomic E-state index is 13.2. The molecule has 3 N–H and O–H groups in total. The minimum Gasteiger partial charge on any atom is -0.495 e. The standard InChI is InChI=1S/C24H26N2O2/c1-17-9-12-19(13-10-17)16-25-23(20-7-5-4-6-8-20)24(27)26-21-15-18(2)11-14-22(21)28-3/h4-15,23,25H,16H2,1-3H3,(H,26,27)/p+1/t23-/m0/s1. The number of aryl methyl sites for hydroxylation is 2. The van der Waals surface area contributed by atoms with Gasteiger partial charge in [-0.1, -0.05) is 66.2 Å². The Morgan fingerprint density at radius 2 is 1.64 bits per heavy atom. The van der Waals surface area contributed by atoms with Gasteiger partial charge >= 0.3 is 0 Å². The second-order valence-corrected chi connectivity index (χ2v) is 7.01. The third-order valence-corrected chi connectivity index (χ3v) is 4.76. The van der Waals surface area contributed by atoms with Gasteiger partial charge in [0.05, 0.1) is 12.8 Å². The van der Waals surface area contributed by atoms with Gasteiger partial charge in [0.2, 0.25) is 0 Å². The van der Waals surface area contributed by atoms with Crippen LogP contribution in [-0.2, 0) is 11.3 Å². The number of ether oxygens (including phenoxy) is 1. The number of hydrogen-bond acceptors (Lipinski definition) is 2. The summed E-state index contributed by atoms with van der Waals surface area (Å²) in [4.78, 5) is 13.2. The van der Waals surface area contributed by atoms with Crippen LogP contribution in [0.4, 0.5) is 5.69 Å². The number of nitrogens with two attached hydrogens (primary N) is 1. The molecule has 0 unspecified atom stereocenters. The predicted molar refractivity (Wildman–Crippen MR) is 112 cm³/mol. The van der Waals surface area contributed by atoms with Crippen LogP contribution in [0.15, 0.2) is 72.8 Å². The first-order valence-corrected chi connectivity index (χ1v) is 9.46. The molecule has 0 spiro atoms. The fraction of sp³-hybridized carbons (Fsp3) is 0.208. The maximum Gasteiger partial charge on any atom is 0.287 e. The predicted octanol–water partition coefficient (Wildman–Crippen LogP) is 3.76. The van der Waals surface area contributed by atoms with Crippen molar-refractivity contribution in [3.63, 3.8) is 0 Å². The van der Waals surface area contributed by atoms with Crippen LogP contribution in [-0.4, -0.2) is 13.0 Å². The van der Waals surface area contributed by atoms with E-state index in [9.17, 15) is 4.79 Å². The van der Waals surface area contributed by atoms with Gasteiger partial charge in [0.1, 0.15) is 12.3 Å². The van der Waals surface area contributed by atoms with Crippen LogP contribution in [0, 0.1) is 13.8 Å². The second kappa shape index (κ2) is 9.20. The molecule has 0 aliphatic carbocycles. The largest absolute Gasteiger partial charge is 0.495 e. The molecule has 3 aromatic carbocycles. The summed E-state index contributed by atoms with van der Waals surface area (Å²) in [7, 11) is 1.61. The zero-order valence-corrected chi connectivity index (χ0v) is 16.6. The SMILES string of the molecule is COc1ccc(C)cc1NC(=O)[C@@H]([NH2+]Cc1ccc(C)cc1)c1ccccc1. The van der Waals surface area contributed by atoms with E-state index in [1.165, 1.54) is 11.1 Å². The maximum absolute atomic E-state index is 13.2. The first-order chi connectivity index (χ1) is 13.6. The van der Waals surface area contributed by atoms with Crippen molar-refractivity contribution in [3.8, 4) is 5.75 Å². The monoisotopic (exact) mass is 375 g/mol. The van der Waals surface area contributed by atoms with Gasteiger partial charge in [-0.15, -0.1) is 0 Å². The van der Waals surface area contributed by atoms with Crippen molar-refractivity contribution >= 4 is 11.6 Å². The zero-order valence-electron chi connectivity index (χ0n) is 16.6. The third-order valence-electron chi connectivity index (χ3n) is 4.76. The van der Waals surface area contributed by atoms with Gasteiger partial charge in [-0.05, 0) is 31.5 Å². The second-order valence-electron chi connectivity index (χ2n) is 7.01. The Morgan fingerprint density at radius 1 is 0.964 bits per heavy atom. The number of methoxy groups -OCH3 is 1. The molecule has 0 aromatic heterocycles. The summed E-state index contributed by atoms with van der Waals surface area (Å²) in [6, 6.07) is 23.7. The highest BCUT2D eigenvalue weighted by Gasteiger charge is 2.25. The number of carbonyl (C=O) groups is 1. The zero-order chi connectivity index (χ0) is 19.9. The summed E-state index contributed by atoms with van der Waals surface area (Å²) in [5.41, 5.74) is 5.15. The fourth-order valence-corrected chi connectivity index (χ4v) is 3.16. The van der Waals surface area contributed by atoms with E-state index < -0.39 is 0 Å². The van der Waals surface area contributed by atoms with Gasteiger partial charge in [0.15, 0.2) is 6.04 Å². The van der Waals surface area contributed by atoms with Crippen molar-refractivity contribution in [1.29, 1.82) is 0 Å². The number of rotatable bonds is 7. The summed E-state index contributed by atoms with van der Waals surface area (Å²) in [6.07, 6.45) is 0. The van der Waals surface area contributed by atoms with E-state index in [0.717, 1.165) is 17.7 Å². The molecule has 0 bridgehead atoms. The lowest BCUT2D eigenvalue weighted by atomic mass is 10.0. The summed E-state index contributed by atoms with van der Waals surface area (Å²) in [6.45, 7) is 4.79. The summed E-state index contributed by atoms with van der Waals surface area (Å²) in [5.74, 6) is 0.589. The molecule has 4 heteroatoms. The molecule has 144 valence electrons. The number of quaternary nitrogens is 1. The van der Waals surface area contributed by atoms with Crippen LogP contribution in [0.5, 0.6) is 5.75 Å². The lowest BCUT2D eigenvalue weighted by Gasteiger charge is -2.17. The molecule has 0 aliphatic rings. The Balaban J connectivity index is 1.81. The fourth-order valence-electron chi connectivity index (χ4n) is 3.16. The molecule has 3 rings (SSSR count). The number of nitrogens with one attached hydrogen (secondary N) is 1. The van der Waals surface area contributed by atoms with E-state index in [2.05, 4.69) is 41.8 Å². The topological polar surface area (TPSA) is 54.9 Å². The van der Waals surface area contributed by atoms with E-state index >= 15 is 0 Å². The average molecular weight is 375 g/mol. The van der Waals surface area contributed by atoms with Crippen molar-refractivity contribution in [2.24, 2.45) is 0 Å². The van der Waals surface area contributed by atoms with Crippen molar-refractivity contribution in [3.05, 3.63) is 95.1 Å². The van der Waals surface area contributed by atoms with E-state index in [4.69, 9.17) is 4.74 Å². The van der Waals surface area contributed by atoms with Crippen LogP contribution < -0.4 is 15.4 Å². The van der Waals surface area contributed by atoms with Gasteiger partial charge < -0.3 is 15.4 Å². The molecule has 3 aromatic rings. The summed E-state index contributed by atoms with van der Waals surface area (Å²) < 4.78 is 5.40. The Hall–Kier alpha value is -3.11. The molecule has 0 aliphatic heterocycles. The minimum atomic E-state index is -0.354. The number of amides is 1. The molecular weight excluding hydrogens is 348 g/mol. The molecule has 0 fully saturated rings. The Kier molecular flexibility index (Phi) is 6.45. The smallest absolute Gasteiger partial charge is 0.287 e. The van der Waals surface area contributed by atoms with E-state index in [1.54, 1.807) is 7.11 Å². The first-order valence-electron chi connectivity index (χ1n) is 9.46. The van der Waals surface area contributed by atoms with Gasteiger partial charge in [-0.25, -0.2) is 0 Å². The molecule has 28 heavy (non-hydrogen) atoms. The van der Waals surface area contributed by atoms with Crippen molar-refractivity contribution in [1.82, 2.24) is 0 Å². The van der Waals surface area contributed by atoms with Gasteiger partial charge in [-0.3, -0.25) is 4.79 Å². The van der Waals surface area contributed by atoms with Crippen LogP contribution >= 0.6 is 0 Å². The van der Waals surface area contributed by atoms with Crippen molar-refractivity contribution in [2.75, 3.05) is 12.4 Å². The highest BCUT2D eigenvalue weighted by molar-refractivity contribution is 5.95. The number of carbonyl (C=O) groups excluding carboxylic acids is 1. The molecule has 0 saturated heterocycles. The normalized spacial score (nSPS) is 11.7. The van der Waals surface area contributed by atoms with Crippen molar-refractivity contribution < 1.29 is 14.8 Å². The van der Waals surface area contributed by atoms with Gasteiger partial charge in [-0.2, -0.15) is 0 Å². The molecule has 0 heterocycles. The summed E-state index contributed by atoms with van der Waals surface area (Å²) in [5, 5.41) is 5.12. The highest BCUT2D eigenvalue weighted by atomic mass is 16.5. The number of hydrogen-bond donors (Lipinski definition) is 2. The van der Waals surface area contributed by atoms with E-state index in [-0.39, 0.29) is 11.9 Å². The van der Waals surface area contributed by atoms with Gasteiger partial charge in [0, 0.05) is 11.1 Å².